The molecule has 1 aromatic carbocycles. The largest absolute Gasteiger partial charge is 0.483 e. The summed E-state index contributed by atoms with van der Waals surface area (Å²) in [7, 11) is 0. The van der Waals surface area contributed by atoms with E-state index in [-0.39, 0.29) is 31.4 Å². The maximum Gasteiger partial charge on any atom is 0.303 e. The quantitative estimate of drug-likeness (QED) is 0.746. The standard InChI is InChI=1S/C14H17BrFNO4/c1-2-9(5-14(19)20)7-17-13(18)8-21-12-4-3-10(16)6-11(12)15/h3-4,6,9H,2,5,7-8H2,1H3,(H,17,18)(H,19,20). The normalized spacial score (nSPS) is 11.8. The smallest absolute Gasteiger partial charge is 0.303 e. The van der Waals surface area contributed by atoms with Crippen molar-refractivity contribution in [3.05, 3.63) is 28.5 Å². The van der Waals surface area contributed by atoms with Gasteiger partial charge in [-0.25, -0.2) is 4.39 Å². The van der Waals surface area contributed by atoms with Gasteiger partial charge in [-0.15, -0.1) is 0 Å². The molecule has 0 saturated carbocycles. The Labute approximate surface area is 130 Å². The predicted octanol–water partition coefficient (Wildman–Crippen LogP) is 2.58. The molecule has 1 atom stereocenters. The minimum atomic E-state index is -0.886. The van der Waals surface area contributed by atoms with Gasteiger partial charge >= 0.3 is 5.97 Å². The highest BCUT2D eigenvalue weighted by molar-refractivity contribution is 9.10. The maximum absolute atomic E-state index is 12.9. The van der Waals surface area contributed by atoms with Crippen LogP contribution < -0.4 is 10.1 Å². The van der Waals surface area contributed by atoms with E-state index in [0.29, 0.717) is 16.6 Å². The molecule has 5 nitrogen and oxygen atoms in total. The van der Waals surface area contributed by atoms with E-state index < -0.39 is 11.8 Å². The van der Waals surface area contributed by atoms with Gasteiger partial charge in [0.15, 0.2) is 6.61 Å². The van der Waals surface area contributed by atoms with Crippen LogP contribution in [0.1, 0.15) is 19.8 Å². The molecule has 2 N–H and O–H groups in total. The van der Waals surface area contributed by atoms with Crippen molar-refractivity contribution < 1.29 is 23.8 Å². The summed E-state index contributed by atoms with van der Waals surface area (Å²) in [6.07, 6.45) is 0.679. The van der Waals surface area contributed by atoms with E-state index in [4.69, 9.17) is 9.84 Å². The molecule has 1 rings (SSSR count). The molecule has 116 valence electrons. The molecule has 1 aromatic rings. The zero-order chi connectivity index (χ0) is 15.8. The number of rotatable bonds is 8. The molecule has 0 spiro atoms. The number of benzene rings is 1. The highest BCUT2D eigenvalue weighted by Gasteiger charge is 2.13. The van der Waals surface area contributed by atoms with Gasteiger partial charge in [-0.1, -0.05) is 13.3 Å². The molecule has 0 aromatic heterocycles. The average Bonchev–Trinajstić information content (AvgIpc) is 2.42. The van der Waals surface area contributed by atoms with Gasteiger partial charge in [0.2, 0.25) is 0 Å². The van der Waals surface area contributed by atoms with Crippen LogP contribution in [-0.4, -0.2) is 30.1 Å². The highest BCUT2D eigenvalue weighted by atomic mass is 79.9. The number of carboxylic acids is 1. The molecule has 1 unspecified atom stereocenters. The third-order valence-electron chi connectivity index (χ3n) is 2.88. The van der Waals surface area contributed by atoms with Crippen LogP contribution in [0.5, 0.6) is 5.75 Å². The summed E-state index contributed by atoms with van der Waals surface area (Å²) < 4.78 is 18.6. The van der Waals surface area contributed by atoms with Crippen LogP contribution in [0.4, 0.5) is 4.39 Å². The van der Waals surface area contributed by atoms with Crippen molar-refractivity contribution in [1.82, 2.24) is 5.32 Å². The molecule has 0 radical (unpaired) electrons. The summed E-state index contributed by atoms with van der Waals surface area (Å²) >= 11 is 3.14. The average molecular weight is 362 g/mol. The van der Waals surface area contributed by atoms with Crippen molar-refractivity contribution in [3.63, 3.8) is 0 Å². The molecule has 0 bridgehead atoms. The van der Waals surface area contributed by atoms with Crippen LogP contribution in [0.2, 0.25) is 0 Å². The lowest BCUT2D eigenvalue weighted by molar-refractivity contribution is -0.138. The fourth-order valence-corrected chi connectivity index (χ4v) is 2.12. The lowest BCUT2D eigenvalue weighted by Gasteiger charge is -2.14. The van der Waals surface area contributed by atoms with E-state index in [1.54, 1.807) is 0 Å². The highest BCUT2D eigenvalue weighted by Crippen LogP contribution is 2.25. The Morgan fingerprint density at radius 2 is 2.19 bits per heavy atom. The van der Waals surface area contributed by atoms with Crippen LogP contribution in [0, 0.1) is 11.7 Å². The summed E-state index contributed by atoms with van der Waals surface area (Å²) in [5.74, 6) is -1.39. The molecule has 0 saturated heterocycles. The van der Waals surface area contributed by atoms with Gasteiger partial charge in [-0.3, -0.25) is 9.59 Å². The van der Waals surface area contributed by atoms with Crippen molar-refractivity contribution in [3.8, 4) is 5.75 Å². The van der Waals surface area contributed by atoms with E-state index in [9.17, 15) is 14.0 Å². The lowest BCUT2D eigenvalue weighted by atomic mass is 10.0. The molecule has 1 amide bonds. The predicted molar refractivity (Wildman–Crippen MR) is 78.6 cm³/mol. The van der Waals surface area contributed by atoms with Crippen molar-refractivity contribution in [1.29, 1.82) is 0 Å². The number of hydrogen-bond donors (Lipinski definition) is 2. The molecule has 0 aliphatic rings. The van der Waals surface area contributed by atoms with E-state index in [0.717, 1.165) is 0 Å². The summed E-state index contributed by atoms with van der Waals surface area (Å²) in [5.41, 5.74) is 0. The van der Waals surface area contributed by atoms with Gasteiger partial charge in [-0.05, 0) is 40.0 Å². The summed E-state index contributed by atoms with van der Waals surface area (Å²) in [4.78, 5) is 22.2. The minimum absolute atomic E-state index is 0.0150. The van der Waals surface area contributed by atoms with Crippen LogP contribution in [0.3, 0.4) is 0 Å². The number of nitrogens with one attached hydrogen (secondary N) is 1. The number of amides is 1. The molecule has 21 heavy (non-hydrogen) atoms. The number of carboxylic acid groups (broad SMARTS) is 1. The monoisotopic (exact) mass is 361 g/mol. The second-order valence-electron chi connectivity index (χ2n) is 4.54. The van der Waals surface area contributed by atoms with Crippen LogP contribution in [0.25, 0.3) is 0 Å². The van der Waals surface area contributed by atoms with Crippen molar-refractivity contribution in [2.75, 3.05) is 13.2 Å². The van der Waals surface area contributed by atoms with E-state index >= 15 is 0 Å². The van der Waals surface area contributed by atoms with Gasteiger partial charge in [0, 0.05) is 13.0 Å². The molecular weight excluding hydrogens is 345 g/mol. The van der Waals surface area contributed by atoms with Crippen LogP contribution >= 0.6 is 15.9 Å². The number of carbonyl (C=O) groups is 2. The van der Waals surface area contributed by atoms with Crippen molar-refractivity contribution in [2.45, 2.75) is 19.8 Å². The first kappa shape index (κ1) is 17.4. The third kappa shape index (κ3) is 6.57. The molecule has 0 aliphatic carbocycles. The Hall–Kier alpha value is -1.63. The van der Waals surface area contributed by atoms with Crippen LogP contribution in [-0.2, 0) is 9.59 Å². The van der Waals surface area contributed by atoms with Gasteiger partial charge in [-0.2, -0.15) is 0 Å². The summed E-state index contributed by atoms with van der Waals surface area (Å²) in [6.45, 7) is 1.94. The second-order valence-corrected chi connectivity index (χ2v) is 5.39. The zero-order valence-corrected chi connectivity index (χ0v) is 13.2. The number of hydrogen-bond acceptors (Lipinski definition) is 3. The lowest BCUT2D eigenvalue weighted by Crippen LogP contribution is -2.33. The molecule has 0 fully saturated rings. The zero-order valence-electron chi connectivity index (χ0n) is 11.6. The third-order valence-corrected chi connectivity index (χ3v) is 3.50. The van der Waals surface area contributed by atoms with E-state index in [2.05, 4.69) is 21.2 Å². The summed E-state index contributed by atoms with van der Waals surface area (Å²) in [6, 6.07) is 3.90. The van der Waals surface area contributed by atoms with Crippen LogP contribution in [0.15, 0.2) is 22.7 Å². The Kier molecular flexibility index (Phi) is 7.14. The maximum atomic E-state index is 12.9. The Balaban J connectivity index is 2.38. The van der Waals surface area contributed by atoms with Gasteiger partial charge in [0.1, 0.15) is 11.6 Å². The van der Waals surface area contributed by atoms with Crippen molar-refractivity contribution in [2.24, 2.45) is 5.92 Å². The topological polar surface area (TPSA) is 75.6 Å². The van der Waals surface area contributed by atoms with E-state index in [1.807, 2.05) is 6.92 Å². The van der Waals surface area contributed by atoms with Gasteiger partial charge in [0.05, 0.1) is 4.47 Å². The Morgan fingerprint density at radius 1 is 1.48 bits per heavy atom. The Bertz CT molecular complexity index is 510. The number of ether oxygens (including phenoxy) is 1. The summed E-state index contributed by atoms with van der Waals surface area (Å²) in [5, 5.41) is 11.3. The Morgan fingerprint density at radius 3 is 2.76 bits per heavy atom. The first-order valence-electron chi connectivity index (χ1n) is 6.48. The molecular formula is C14H17BrFNO4. The van der Waals surface area contributed by atoms with Gasteiger partial charge in [0.25, 0.3) is 5.91 Å². The molecule has 0 aliphatic heterocycles. The minimum Gasteiger partial charge on any atom is -0.483 e. The fraction of sp³-hybridized carbons (Fsp3) is 0.429. The number of halogens is 2. The SMILES string of the molecule is CCC(CNC(=O)COc1ccc(F)cc1Br)CC(=O)O. The van der Waals surface area contributed by atoms with E-state index in [1.165, 1.54) is 18.2 Å². The fourth-order valence-electron chi connectivity index (χ4n) is 1.65. The number of aliphatic carboxylic acids is 1. The first-order valence-corrected chi connectivity index (χ1v) is 7.28. The molecule has 0 heterocycles. The van der Waals surface area contributed by atoms with Crippen molar-refractivity contribution >= 4 is 27.8 Å². The number of carbonyl (C=O) groups excluding carboxylic acids is 1. The second kappa shape index (κ2) is 8.61. The van der Waals surface area contributed by atoms with Gasteiger partial charge < -0.3 is 15.2 Å². The molecule has 7 heteroatoms. The first-order chi connectivity index (χ1) is 9.92.